The Hall–Kier alpha value is -1.57. The van der Waals surface area contributed by atoms with E-state index >= 15 is 0 Å². The van der Waals surface area contributed by atoms with Crippen molar-refractivity contribution in [1.82, 2.24) is 0 Å². The molecule has 0 N–H and O–H groups in total. The SMILES string of the molecule is CC/C=C\C=C\C(=O)c1ccco1. The summed E-state index contributed by atoms with van der Waals surface area (Å²) in [4.78, 5) is 11.3. The standard InChI is InChI=1S/C11H12O2/c1-2-3-4-5-7-10(12)11-8-6-9-13-11/h3-9H,2H2,1H3/b4-3-,7-5+. The van der Waals surface area contributed by atoms with Gasteiger partial charge in [0.05, 0.1) is 6.26 Å². The van der Waals surface area contributed by atoms with Crippen LogP contribution in [0.4, 0.5) is 0 Å². The van der Waals surface area contributed by atoms with Gasteiger partial charge >= 0.3 is 0 Å². The molecule has 1 aromatic rings. The number of rotatable bonds is 4. The van der Waals surface area contributed by atoms with Gasteiger partial charge in [0.25, 0.3) is 0 Å². The molecular weight excluding hydrogens is 164 g/mol. The van der Waals surface area contributed by atoms with Crippen molar-refractivity contribution < 1.29 is 9.21 Å². The second kappa shape index (κ2) is 5.14. The van der Waals surface area contributed by atoms with Crippen LogP contribution in [0.5, 0.6) is 0 Å². The molecule has 2 nitrogen and oxygen atoms in total. The second-order valence-corrected chi connectivity index (χ2v) is 2.54. The van der Waals surface area contributed by atoms with E-state index in [1.165, 1.54) is 12.3 Å². The summed E-state index contributed by atoms with van der Waals surface area (Å²) in [6.07, 6.45) is 9.49. The Morgan fingerprint density at radius 1 is 1.54 bits per heavy atom. The zero-order chi connectivity index (χ0) is 9.52. The van der Waals surface area contributed by atoms with E-state index in [9.17, 15) is 4.79 Å². The van der Waals surface area contributed by atoms with E-state index in [0.717, 1.165) is 6.42 Å². The Balaban J connectivity index is 2.51. The zero-order valence-corrected chi connectivity index (χ0v) is 7.57. The average molecular weight is 176 g/mol. The van der Waals surface area contributed by atoms with Crippen LogP contribution in [0.15, 0.2) is 47.1 Å². The number of furan rings is 1. The molecule has 1 aromatic heterocycles. The van der Waals surface area contributed by atoms with E-state index in [0.29, 0.717) is 5.76 Å². The van der Waals surface area contributed by atoms with Gasteiger partial charge in [-0.3, -0.25) is 4.79 Å². The van der Waals surface area contributed by atoms with Gasteiger partial charge in [-0.25, -0.2) is 0 Å². The van der Waals surface area contributed by atoms with E-state index in [2.05, 4.69) is 0 Å². The Kier molecular flexibility index (Phi) is 3.76. The maximum atomic E-state index is 11.3. The minimum atomic E-state index is -0.106. The lowest BCUT2D eigenvalue weighted by molar-refractivity contribution is 0.102. The van der Waals surface area contributed by atoms with Crippen molar-refractivity contribution in [3.05, 3.63) is 48.5 Å². The molecule has 0 aliphatic rings. The molecule has 0 radical (unpaired) electrons. The molecule has 0 aliphatic carbocycles. The molecule has 1 heterocycles. The summed E-state index contributed by atoms with van der Waals surface area (Å²) in [5.74, 6) is 0.270. The fourth-order valence-corrected chi connectivity index (χ4v) is 0.858. The molecule has 0 aliphatic heterocycles. The molecule has 0 spiro atoms. The molecule has 1 rings (SSSR count). The van der Waals surface area contributed by atoms with Crippen LogP contribution in [0.1, 0.15) is 23.9 Å². The van der Waals surface area contributed by atoms with Gasteiger partial charge in [-0.15, -0.1) is 0 Å². The third kappa shape index (κ3) is 3.11. The van der Waals surface area contributed by atoms with E-state index < -0.39 is 0 Å². The van der Waals surface area contributed by atoms with Gasteiger partial charge in [-0.2, -0.15) is 0 Å². The van der Waals surface area contributed by atoms with Gasteiger partial charge < -0.3 is 4.42 Å². The molecule has 0 fully saturated rings. The van der Waals surface area contributed by atoms with Crippen LogP contribution in [0, 0.1) is 0 Å². The minimum absolute atomic E-state index is 0.106. The molecule has 13 heavy (non-hydrogen) atoms. The maximum absolute atomic E-state index is 11.3. The Morgan fingerprint density at radius 3 is 3.00 bits per heavy atom. The lowest BCUT2D eigenvalue weighted by Gasteiger charge is -1.84. The van der Waals surface area contributed by atoms with Crippen LogP contribution < -0.4 is 0 Å². The number of hydrogen-bond acceptors (Lipinski definition) is 2. The monoisotopic (exact) mass is 176 g/mol. The van der Waals surface area contributed by atoms with Crippen LogP contribution in [-0.2, 0) is 0 Å². The molecular formula is C11H12O2. The third-order valence-electron chi connectivity index (χ3n) is 1.49. The van der Waals surface area contributed by atoms with Crippen molar-refractivity contribution in [1.29, 1.82) is 0 Å². The Labute approximate surface area is 77.6 Å². The summed E-state index contributed by atoms with van der Waals surface area (Å²) in [7, 11) is 0. The van der Waals surface area contributed by atoms with Gasteiger partial charge in [-0.1, -0.05) is 25.2 Å². The molecule has 0 aromatic carbocycles. The summed E-state index contributed by atoms with van der Waals surface area (Å²) in [6, 6.07) is 3.35. The molecule has 0 saturated carbocycles. The molecule has 2 heteroatoms. The highest BCUT2D eigenvalue weighted by Crippen LogP contribution is 2.01. The van der Waals surface area contributed by atoms with Gasteiger partial charge in [0, 0.05) is 0 Å². The Morgan fingerprint density at radius 2 is 2.38 bits per heavy atom. The number of carbonyl (C=O) groups excluding carboxylic acids is 1. The minimum Gasteiger partial charge on any atom is -0.461 e. The number of carbonyl (C=O) groups is 1. The first-order valence-electron chi connectivity index (χ1n) is 4.25. The highest BCUT2D eigenvalue weighted by atomic mass is 16.3. The van der Waals surface area contributed by atoms with Crippen molar-refractivity contribution in [3.63, 3.8) is 0 Å². The molecule has 0 unspecified atom stereocenters. The van der Waals surface area contributed by atoms with E-state index in [1.54, 1.807) is 18.2 Å². The van der Waals surface area contributed by atoms with Crippen LogP contribution in [0.3, 0.4) is 0 Å². The predicted octanol–water partition coefficient (Wildman–Crippen LogP) is 2.98. The van der Waals surface area contributed by atoms with Crippen molar-refractivity contribution >= 4 is 5.78 Å². The topological polar surface area (TPSA) is 30.2 Å². The van der Waals surface area contributed by atoms with E-state index in [-0.39, 0.29) is 5.78 Å². The Bertz CT molecular complexity index is 305. The summed E-state index contributed by atoms with van der Waals surface area (Å²) in [5.41, 5.74) is 0. The summed E-state index contributed by atoms with van der Waals surface area (Å²) in [6.45, 7) is 2.04. The van der Waals surface area contributed by atoms with Gasteiger partial charge in [0.2, 0.25) is 5.78 Å². The van der Waals surface area contributed by atoms with Crippen molar-refractivity contribution in [2.45, 2.75) is 13.3 Å². The number of allylic oxidation sites excluding steroid dienone is 4. The fourth-order valence-electron chi connectivity index (χ4n) is 0.858. The second-order valence-electron chi connectivity index (χ2n) is 2.54. The summed E-state index contributed by atoms with van der Waals surface area (Å²) < 4.78 is 4.93. The highest BCUT2D eigenvalue weighted by Gasteiger charge is 2.01. The first kappa shape index (κ1) is 9.52. The highest BCUT2D eigenvalue weighted by molar-refractivity contribution is 6.02. The van der Waals surface area contributed by atoms with Crippen molar-refractivity contribution in [3.8, 4) is 0 Å². The van der Waals surface area contributed by atoms with Crippen LogP contribution in [0.2, 0.25) is 0 Å². The summed E-state index contributed by atoms with van der Waals surface area (Å²) >= 11 is 0. The third-order valence-corrected chi connectivity index (χ3v) is 1.49. The normalized spacial score (nSPS) is 11.5. The van der Waals surface area contributed by atoms with Gasteiger partial charge in [0.1, 0.15) is 0 Å². The molecule has 0 saturated heterocycles. The summed E-state index contributed by atoms with van der Waals surface area (Å²) in [5, 5.41) is 0. The van der Waals surface area contributed by atoms with Gasteiger partial charge in [0.15, 0.2) is 5.76 Å². The number of ketones is 1. The zero-order valence-electron chi connectivity index (χ0n) is 7.57. The quantitative estimate of drug-likeness (QED) is 0.401. The fraction of sp³-hybridized carbons (Fsp3) is 0.182. The average Bonchev–Trinajstić information content (AvgIpc) is 2.65. The number of hydrogen-bond donors (Lipinski definition) is 0. The lowest BCUT2D eigenvalue weighted by Crippen LogP contribution is -1.89. The van der Waals surface area contributed by atoms with E-state index in [1.807, 2.05) is 19.1 Å². The maximum Gasteiger partial charge on any atom is 0.220 e. The van der Waals surface area contributed by atoms with Crippen molar-refractivity contribution in [2.75, 3.05) is 0 Å². The first-order chi connectivity index (χ1) is 6.34. The van der Waals surface area contributed by atoms with Gasteiger partial charge in [-0.05, 0) is 24.6 Å². The van der Waals surface area contributed by atoms with Crippen LogP contribution in [0.25, 0.3) is 0 Å². The first-order valence-corrected chi connectivity index (χ1v) is 4.25. The largest absolute Gasteiger partial charge is 0.461 e. The molecule has 0 bridgehead atoms. The molecule has 0 atom stereocenters. The molecule has 0 amide bonds. The lowest BCUT2D eigenvalue weighted by atomic mass is 10.2. The molecule has 68 valence electrons. The predicted molar refractivity (Wildman–Crippen MR) is 51.6 cm³/mol. The van der Waals surface area contributed by atoms with Crippen LogP contribution in [-0.4, -0.2) is 5.78 Å². The van der Waals surface area contributed by atoms with Crippen molar-refractivity contribution in [2.24, 2.45) is 0 Å². The smallest absolute Gasteiger partial charge is 0.220 e. The van der Waals surface area contributed by atoms with E-state index in [4.69, 9.17) is 4.42 Å². The van der Waals surface area contributed by atoms with Crippen LogP contribution >= 0.6 is 0 Å².